The second-order valence-electron chi connectivity index (χ2n) is 5.52. The Labute approximate surface area is 124 Å². The van der Waals surface area contributed by atoms with Gasteiger partial charge < -0.3 is 4.98 Å². The highest BCUT2D eigenvalue weighted by Crippen LogP contribution is 2.14. The minimum Gasteiger partial charge on any atom is -0.353 e. The van der Waals surface area contributed by atoms with Gasteiger partial charge in [-0.15, -0.1) is 0 Å². The van der Waals surface area contributed by atoms with Gasteiger partial charge in [0.05, 0.1) is 23.4 Å². The molecule has 0 spiro atoms. The quantitative estimate of drug-likeness (QED) is 0.488. The lowest BCUT2D eigenvalue weighted by Crippen LogP contribution is -2.50. The minimum atomic E-state index is -0.502. The van der Waals surface area contributed by atoms with Crippen molar-refractivity contribution in [1.82, 2.24) is 14.8 Å². The van der Waals surface area contributed by atoms with Crippen molar-refractivity contribution in [2.75, 3.05) is 32.7 Å². The van der Waals surface area contributed by atoms with Crippen LogP contribution in [0.15, 0.2) is 12.3 Å². The van der Waals surface area contributed by atoms with Gasteiger partial charge in [-0.1, -0.05) is 6.92 Å². The Kier molecular flexibility index (Phi) is 5.08. The van der Waals surface area contributed by atoms with Crippen LogP contribution in [-0.4, -0.2) is 64.3 Å². The highest BCUT2D eigenvalue weighted by molar-refractivity contribution is 5.96. The fraction of sp³-hybridized carbons (Fsp3) is 0.643. The fourth-order valence-electron chi connectivity index (χ4n) is 2.56. The van der Waals surface area contributed by atoms with E-state index in [-0.39, 0.29) is 11.5 Å². The Balaban J connectivity index is 1.85. The lowest BCUT2D eigenvalue weighted by atomic mass is 10.2. The van der Waals surface area contributed by atoms with Gasteiger partial charge in [-0.05, 0) is 13.3 Å². The van der Waals surface area contributed by atoms with E-state index in [2.05, 4.69) is 28.6 Å². The average molecular weight is 294 g/mol. The van der Waals surface area contributed by atoms with Crippen molar-refractivity contribution in [3.63, 3.8) is 0 Å². The number of ketones is 1. The molecule has 0 radical (unpaired) electrons. The topological polar surface area (TPSA) is 82.5 Å². The standard InChI is InChI=1S/C14H22N4O3/c1-3-11(2)17-6-4-16(5-7-17)10-14(19)13-8-12(9-15-13)18(20)21/h8-9,11,15H,3-7,10H2,1-2H3. The summed E-state index contributed by atoms with van der Waals surface area (Å²) in [5.74, 6) is -0.0971. The number of Topliss-reactive ketones (excluding diaryl/α,β-unsaturated/α-hetero) is 1. The van der Waals surface area contributed by atoms with E-state index >= 15 is 0 Å². The van der Waals surface area contributed by atoms with Crippen molar-refractivity contribution in [3.8, 4) is 0 Å². The van der Waals surface area contributed by atoms with Crippen LogP contribution in [0.5, 0.6) is 0 Å². The Morgan fingerprint density at radius 3 is 2.62 bits per heavy atom. The van der Waals surface area contributed by atoms with E-state index in [4.69, 9.17) is 0 Å². The fourth-order valence-corrected chi connectivity index (χ4v) is 2.56. The molecule has 2 heterocycles. The van der Waals surface area contributed by atoms with Crippen LogP contribution in [0.1, 0.15) is 30.8 Å². The van der Waals surface area contributed by atoms with E-state index < -0.39 is 4.92 Å². The highest BCUT2D eigenvalue weighted by Gasteiger charge is 2.23. The minimum absolute atomic E-state index is 0.0695. The second kappa shape index (κ2) is 6.82. The molecule has 7 nitrogen and oxygen atoms in total. The molecule has 2 rings (SSSR count). The largest absolute Gasteiger partial charge is 0.353 e. The number of hydrogen-bond acceptors (Lipinski definition) is 5. The average Bonchev–Trinajstić information content (AvgIpc) is 2.97. The molecule has 21 heavy (non-hydrogen) atoms. The Hall–Kier alpha value is -1.73. The van der Waals surface area contributed by atoms with Crippen LogP contribution in [-0.2, 0) is 0 Å². The van der Waals surface area contributed by atoms with E-state index in [1.165, 1.54) is 12.3 Å². The molecule has 0 bridgehead atoms. The summed E-state index contributed by atoms with van der Waals surface area (Å²) < 4.78 is 0. The molecule has 1 aromatic heterocycles. The van der Waals surface area contributed by atoms with E-state index in [1.54, 1.807) is 0 Å². The Morgan fingerprint density at radius 1 is 1.43 bits per heavy atom. The first-order valence-corrected chi connectivity index (χ1v) is 7.33. The molecule has 1 unspecified atom stereocenters. The van der Waals surface area contributed by atoms with Crippen LogP contribution in [0.3, 0.4) is 0 Å². The first-order valence-electron chi connectivity index (χ1n) is 7.33. The number of H-pyrrole nitrogens is 1. The van der Waals surface area contributed by atoms with Crippen molar-refractivity contribution in [3.05, 3.63) is 28.1 Å². The zero-order chi connectivity index (χ0) is 15.4. The third-order valence-electron chi connectivity index (χ3n) is 4.17. The van der Waals surface area contributed by atoms with Crippen molar-refractivity contribution in [2.24, 2.45) is 0 Å². The van der Waals surface area contributed by atoms with Crippen molar-refractivity contribution in [2.45, 2.75) is 26.3 Å². The number of carbonyl (C=O) groups is 1. The van der Waals surface area contributed by atoms with Crippen LogP contribution in [0.4, 0.5) is 5.69 Å². The van der Waals surface area contributed by atoms with Crippen molar-refractivity contribution >= 4 is 11.5 Å². The zero-order valence-electron chi connectivity index (χ0n) is 12.5. The third kappa shape index (κ3) is 3.89. The van der Waals surface area contributed by atoms with Gasteiger partial charge >= 0.3 is 0 Å². The molecular formula is C14H22N4O3. The molecule has 1 aliphatic rings. The van der Waals surface area contributed by atoms with Gasteiger partial charge in [-0.3, -0.25) is 24.7 Å². The molecule has 1 aliphatic heterocycles. The molecule has 1 atom stereocenters. The molecule has 1 fully saturated rings. The predicted molar refractivity (Wildman–Crippen MR) is 79.5 cm³/mol. The SMILES string of the molecule is CCC(C)N1CCN(CC(=O)c2cc([N+](=O)[O-])c[nH]2)CC1. The van der Waals surface area contributed by atoms with Crippen molar-refractivity contribution < 1.29 is 9.72 Å². The number of nitrogens with one attached hydrogen (secondary N) is 1. The lowest BCUT2D eigenvalue weighted by Gasteiger charge is -2.37. The number of aromatic nitrogens is 1. The smallest absolute Gasteiger partial charge is 0.287 e. The maximum atomic E-state index is 12.1. The maximum absolute atomic E-state index is 12.1. The van der Waals surface area contributed by atoms with Crippen LogP contribution >= 0.6 is 0 Å². The maximum Gasteiger partial charge on any atom is 0.287 e. The zero-order valence-corrected chi connectivity index (χ0v) is 12.5. The van der Waals surface area contributed by atoms with E-state index in [0.29, 0.717) is 18.3 Å². The molecule has 7 heteroatoms. The van der Waals surface area contributed by atoms with E-state index in [0.717, 1.165) is 32.6 Å². The summed E-state index contributed by atoms with van der Waals surface area (Å²) in [6.07, 6.45) is 2.39. The summed E-state index contributed by atoms with van der Waals surface area (Å²) in [5, 5.41) is 10.6. The first kappa shape index (κ1) is 15.7. The molecule has 116 valence electrons. The van der Waals surface area contributed by atoms with Crippen LogP contribution in [0.2, 0.25) is 0 Å². The molecule has 0 aromatic carbocycles. The Morgan fingerprint density at radius 2 is 2.10 bits per heavy atom. The van der Waals surface area contributed by atoms with E-state index in [9.17, 15) is 14.9 Å². The van der Waals surface area contributed by atoms with Gasteiger partial charge in [-0.25, -0.2) is 0 Å². The van der Waals surface area contributed by atoms with Gasteiger partial charge in [0.25, 0.3) is 5.69 Å². The van der Waals surface area contributed by atoms with Gasteiger partial charge in [0.1, 0.15) is 0 Å². The monoisotopic (exact) mass is 294 g/mol. The molecule has 0 amide bonds. The second-order valence-corrected chi connectivity index (χ2v) is 5.52. The third-order valence-corrected chi connectivity index (χ3v) is 4.17. The Bertz CT molecular complexity index is 506. The summed E-state index contributed by atoms with van der Waals surface area (Å²) in [5.41, 5.74) is 0.242. The number of piperazine rings is 1. The summed E-state index contributed by atoms with van der Waals surface area (Å²) in [6.45, 7) is 8.36. The first-order chi connectivity index (χ1) is 10.0. The van der Waals surface area contributed by atoms with Crippen LogP contribution in [0, 0.1) is 10.1 Å². The normalized spacial score (nSPS) is 18.6. The van der Waals surface area contributed by atoms with Gasteiger partial charge in [-0.2, -0.15) is 0 Å². The molecule has 0 saturated carbocycles. The lowest BCUT2D eigenvalue weighted by molar-refractivity contribution is -0.384. The van der Waals surface area contributed by atoms with Gasteiger partial charge in [0, 0.05) is 38.3 Å². The summed E-state index contributed by atoms with van der Waals surface area (Å²) in [7, 11) is 0. The van der Waals surface area contributed by atoms with Crippen LogP contribution in [0.25, 0.3) is 0 Å². The van der Waals surface area contributed by atoms with Crippen molar-refractivity contribution in [1.29, 1.82) is 0 Å². The molecule has 0 aliphatic carbocycles. The highest BCUT2D eigenvalue weighted by atomic mass is 16.6. The van der Waals surface area contributed by atoms with E-state index in [1.807, 2.05) is 0 Å². The van der Waals surface area contributed by atoms with Crippen LogP contribution < -0.4 is 0 Å². The number of nitrogens with zero attached hydrogens (tertiary/aromatic N) is 3. The number of nitro groups is 1. The van der Waals surface area contributed by atoms with Gasteiger partial charge in [0.2, 0.25) is 0 Å². The summed E-state index contributed by atoms with van der Waals surface area (Å²) in [6, 6.07) is 1.88. The summed E-state index contributed by atoms with van der Waals surface area (Å²) in [4.78, 5) is 29.4. The summed E-state index contributed by atoms with van der Waals surface area (Å²) >= 11 is 0. The predicted octanol–water partition coefficient (Wildman–Crippen LogP) is 1.52. The molecule has 1 aromatic rings. The number of hydrogen-bond donors (Lipinski definition) is 1. The number of aromatic amines is 1. The van der Waals surface area contributed by atoms with Gasteiger partial charge in [0.15, 0.2) is 5.78 Å². The molecule has 1 N–H and O–H groups in total. The number of rotatable bonds is 6. The molecule has 1 saturated heterocycles. The number of carbonyl (C=O) groups excluding carboxylic acids is 1. The molecular weight excluding hydrogens is 272 g/mol.